The van der Waals surface area contributed by atoms with Crippen molar-refractivity contribution in [1.82, 2.24) is 0 Å². The Kier molecular flexibility index (Phi) is 7.57. The van der Waals surface area contributed by atoms with Crippen LogP contribution >= 0.6 is 11.8 Å². The smallest absolute Gasteiger partial charge is 0.159 e. The van der Waals surface area contributed by atoms with Crippen LogP contribution in [0.15, 0.2) is 239 Å². The van der Waals surface area contributed by atoms with Crippen molar-refractivity contribution >= 4 is 83.1 Å². The number of benzene rings is 11. The Morgan fingerprint density at radius 1 is 0.359 bits per heavy atom. The molecule has 1 aromatic heterocycles. The highest BCUT2D eigenvalue weighted by Crippen LogP contribution is 2.63. The Morgan fingerprint density at radius 3 is 1.73 bits per heavy atom. The predicted octanol–water partition coefficient (Wildman–Crippen LogP) is 17.0. The number of para-hydroxylation sites is 1. The molecule has 1 spiro atoms. The van der Waals surface area contributed by atoms with Crippen LogP contribution in [0.1, 0.15) is 22.3 Å². The second-order valence-corrected chi connectivity index (χ2v) is 18.1. The zero-order chi connectivity index (χ0) is 41.9. The van der Waals surface area contributed by atoms with Gasteiger partial charge in [0.1, 0.15) is 5.58 Å². The first-order chi connectivity index (χ1) is 31.8. The average molecular weight is 832 g/mol. The first kappa shape index (κ1) is 35.7. The van der Waals surface area contributed by atoms with Crippen LogP contribution in [0.3, 0.4) is 0 Å². The molecule has 0 saturated heterocycles. The zero-order valence-corrected chi connectivity index (χ0v) is 35.4. The molecule has 2 heterocycles. The molecule has 3 heteroatoms. The normalized spacial score (nSPS) is 13.4. The summed E-state index contributed by atoms with van der Waals surface area (Å²) in [5.74, 6) is 0. The fourth-order valence-electron chi connectivity index (χ4n) is 11.2. The van der Waals surface area contributed by atoms with E-state index < -0.39 is 5.41 Å². The molecule has 0 atom stereocenters. The van der Waals surface area contributed by atoms with E-state index >= 15 is 0 Å². The van der Waals surface area contributed by atoms with Gasteiger partial charge in [0.05, 0.1) is 16.8 Å². The van der Waals surface area contributed by atoms with Crippen molar-refractivity contribution in [3.05, 3.63) is 247 Å². The number of fused-ring (bicyclic) bond motifs is 17. The van der Waals surface area contributed by atoms with Crippen LogP contribution in [0.5, 0.6) is 0 Å². The lowest BCUT2D eigenvalue weighted by Gasteiger charge is -2.40. The molecule has 2 aliphatic rings. The topological polar surface area (TPSA) is 16.4 Å². The van der Waals surface area contributed by atoms with Gasteiger partial charge in [-0.05, 0) is 102 Å². The highest BCUT2D eigenvalue weighted by Gasteiger charge is 2.50. The number of hydrogen-bond acceptors (Lipinski definition) is 3. The molecule has 64 heavy (non-hydrogen) atoms. The molecular formula is C61H37NOS. The molecule has 1 aliphatic heterocycles. The first-order valence-electron chi connectivity index (χ1n) is 22.0. The van der Waals surface area contributed by atoms with Gasteiger partial charge in [0.2, 0.25) is 0 Å². The van der Waals surface area contributed by atoms with Crippen LogP contribution in [0, 0.1) is 0 Å². The lowest BCUT2D eigenvalue weighted by atomic mass is 9.67. The van der Waals surface area contributed by atoms with Crippen LogP contribution in [-0.2, 0) is 5.41 Å². The maximum absolute atomic E-state index is 7.06. The molecule has 12 aromatic rings. The van der Waals surface area contributed by atoms with E-state index in [1.54, 1.807) is 0 Å². The van der Waals surface area contributed by atoms with Gasteiger partial charge in [-0.25, -0.2) is 0 Å². The third kappa shape index (κ3) is 4.87. The van der Waals surface area contributed by atoms with Crippen LogP contribution in [0.2, 0.25) is 0 Å². The van der Waals surface area contributed by atoms with Gasteiger partial charge in [-0.3, -0.25) is 0 Å². The van der Waals surface area contributed by atoms with Crippen LogP contribution in [0.4, 0.5) is 17.1 Å². The van der Waals surface area contributed by atoms with Crippen LogP contribution in [0.25, 0.3) is 76.5 Å². The molecular weight excluding hydrogens is 795 g/mol. The summed E-state index contributed by atoms with van der Waals surface area (Å²) < 4.78 is 7.06. The fraction of sp³-hybridized carbons (Fsp3) is 0.0164. The Hall–Kier alpha value is -7.85. The van der Waals surface area contributed by atoms with E-state index in [-0.39, 0.29) is 0 Å². The largest absolute Gasteiger partial charge is 0.453 e. The van der Waals surface area contributed by atoms with Gasteiger partial charge < -0.3 is 9.32 Å². The van der Waals surface area contributed by atoms with Gasteiger partial charge in [0.25, 0.3) is 0 Å². The summed E-state index contributed by atoms with van der Waals surface area (Å²) in [5, 5.41) is 9.33. The van der Waals surface area contributed by atoms with E-state index in [4.69, 9.17) is 4.42 Å². The second-order valence-electron chi connectivity index (χ2n) is 17.1. The maximum Gasteiger partial charge on any atom is 0.159 e. The van der Waals surface area contributed by atoms with Gasteiger partial charge in [0.15, 0.2) is 5.58 Å². The molecule has 0 saturated carbocycles. The highest BCUT2D eigenvalue weighted by molar-refractivity contribution is 7.99. The summed E-state index contributed by atoms with van der Waals surface area (Å²) in [7, 11) is 0. The SMILES string of the molecule is c1ccc2c(c1)Sc1c(-c3ccc(N(c4cc5ccccc5c5ccccc45)c4cccc5c4oc4c6ccccc6ccc54)cc3)cccc1C21c2ccccc2-c2ccccc21. The van der Waals surface area contributed by atoms with E-state index in [1.165, 1.54) is 81.2 Å². The summed E-state index contributed by atoms with van der Waals surface area (Å²) >= 11 is 1.90. The molecule has 2 nitrogen and oxygen atoms in total. The van der Waals surface area contributed by atoms with Crippen molar-refractivity contribution in [2.24, 2.45) is 0 Å². The Morgan fingerprint density at radius 2 is 0.938 bits per heavy atom. The molecule has 0 unspecified atom stereocenters. The van der Waals surface area contributed by atoms with Crippen molar-refractivity contribution in [1.29, 1.82) is 0 Å². The molecule has 0 bridgehead atoms. The number of rotatable bonds is 4. The zero-order valence-electron chi connectivity index (χ0n) is 34.6. The van der Waals surface area contributed by atoms with Gasteiger partial charge >= 0.3 is 0 Å². The predicted molar refractivity (Wildman–Crippen MR) is 268 cm³/mol. The summed E-state index contributed by atoms with van der Waals surface area (Å²) in [6.07, 6.45) is 0. The maximum atomic E-state index is 7.06. The molecule has 0 radical (unpaired) electrons. The van der Waals surface area contributed by atoms with Crippen molar-refractivity contribution < 1.29 is 4.42 Å². The van der Waals surface area contributed by atoms with Crippen molar-refractivity contribution in [3.63, 3.8) is 0 Å². The third-order valence-corrected chi connectivity index (χ3v) is 15.1. The summed E-state index contributed by atoms with van der Waals surface area (Å²) in [5.41, 5.74) is 14.9. The number of furan rings is 1. The molecule has 0 amide bonds. The standard InChI is InChI=1S/C61H37NOS/c1-4-18-43-38(15-1)33-36-50-49-24-14-29-55(59(49)63-58(43)50)62(56-37-40-16-2-3-17-42(40)45-19-5-6-22-48(45)56)41-34-31-39(32-35-41)44-23-13-28-54-60(44)64-57-30-12-11-27-53(57)61(54)51-25-9-7-20-46(51)47-21-8-10-26-52(47)61/h1-37H. The minimum Gasteiger partial charge on any atom is -0.453 e. The summed E-state index contributed by atoms with van der Waals surface area (Å²) in [4.78, 5) is 5.02. The monoisotopic (exact) mass is 831 g/mol. The molecule has 0 fully saturated rings. The van der Waals surface area contributed by atoms with E-state index in [0.29, 0.717) is 0 Å². The quantitative estimate of drug-likeness (QED) is 0.164. The Bertz CT molecular complexity index is 3850. The molecule has 1 aliphatic carbocycles. The van der Waals surface area contributed by atoms with Crippen LogP contribution < -0.4 is 4.90 Å². The number of anilines is 3. The van der Waals surface area contributed by atoms with Gasteiger partial charge in [-0.15, -0.1) is 0 Å². The average Bonchev–Trinajstić information content (AvgIpc) is 3.89. The van der Waals surface area contributed by atoms with Gasteiger partial charge in [-0.1, -0.05) is 200 Å². The lowest BCUT2D eigenvalue weighted by Crippen LogP contribution is -2.32. The van der Waals surface area contributed by atoms with Gasteiger partial charge in [-0.2, -0.15) is 0 Å². The van der Waals surface area contributed by atoms with Gasteiger partial charge in [0, 0.05) is 37.0 Å². The van der Waals surface area contributed by atoms with E-state index in [0.717, 1.165) is 44.4 Å². The van der Waals surface area contributed by atoms with Crippen molar-refractivity contribution in [2.45, 2.75) is 15.2 Å². The summed E-state index contributed by atoms with van der Waals surface area (Å²) in [6, 6.07) is 82.7. The molecule has 0 N–H and O–H groups in total. The van der Waals surface area contributed by atoms with Crippen molar-refractivity contribution in [2.75, 3.05) is 4.90 Å². The highest BCUT2D eigenvalue weighted by atomic mass is 32.2. The van der Waals surface area contributed by atoms with Crippen LogP contribution in [-0.4, -0.2) is 0 Å². The number of hydrogen-bond donors (Lipinski definition) is 0. The minimum atomic E-state index is -0.426. The lowest BCUT2D eigenvalue weighted by molar-refractivity contribution is 0.673. The fourth-order valence-corrected chi connectivity index (χ4v) is 12.5. The van der Waals surface area contributed by atoms with Crippen molar-refractivity contribution in [3.8, 4) is 22.3 Å². The molecule has 14 rings (SSSR count). The van der Waals surface area contributed by atoms with E-state index in [2.05, 4.69) is 229 Å². The summed E-state index contributed by atoms with van der Waals surface area (Å²) in [6.45, 7) is 0. The molecule has 11 aromatic carbocycles. The Balaban J connectivity index is 0.990. The van der Waals surface area contributed by atoms with E-state index in [9.17, 15) is 0 Å². The first-order valence-corrected chi connectivity index (χ1v) is 22.8. The molecule has 298 valence electrons. The third-order valence-electron chi connectivity index (χ3n) is 13.9. The second kappa shape index (κ2) is 13.6. The number of nitrogens with zero attached hydrogens (tertiary/aromatic N) is 1. The van der Waals surface area contributed by atoms with E-state index in [1.807, 2.05) is 11.8 Å². The Labute approximate surface area is 374 Å². The minimum absolute atomic E-state index is 0.426.